The number of aryl methyl sites for hydroxylation is 2. The predicted molar refractivity (Wildman–Crippen MR) is 139 cm³/mol. The van der Waals surface area contributed by atoms with E-state index < -0.39 is 17.8 Å². The van der Waals surface area contributed by atoms with Crippen LogP contribution >= 0.6 is 0 Å². The Morgan fingerprint density at radius 3 is 2.23 bits per heavy atom. The molecule has 0 aliphatic carbocycles. The highest BCUT2D eigenvalue weighted by Gasteiger charge is 2.48. The monoisotopic (exact) mass is 473 g/mol. The van der Waals surface area contributed by atoms with Crippen molar-refractivity contribution in [3.8, 4) is 5.75 Å². The second-order valence-electron chi connectivity index (χ2n) is 10.1. The summed E-state index contributed by atoms with van der Waals surface area (Å²) in [5.74, 6) is 0.352. The van der Waals surface area contributed by atoms with Crippen LogP contribution in [0, 0.1) is 13.8 Å². The number of carbonyl (C=O) groups is 1. The maximum absolute atomic E-state index is 13.1. The Labute approximate surface area is 208 Å². The first-order valence-electron chi connectivity index (χ1n) is 12.2. The minimum Gasteiger partial charge on any atom is -0.483 e. The van der Waals surface area contributed by atoms with Crippen LogP contribution < -0.4 is 10.1 Å². The Morgan fingerprint density at radius 2 is 1.60 bits per heavy atom. The van der Waals surface area contributed by atoms with Crippen molar-refractivity contribution >= 4 is 11.7 Å². The van der Waals surface area contributed by atoms with Gasteiger partial charge in [-0.1, -0.05) is 47.5 Å². The summed E-state index contributed by atoms with van der Waals surface area (Å²) in [5, 5.41) is 3.49. The van der Waals surface area contributed by atoms with E-state index in [-0.39, 0.29) is 12.1 Å². The van der Waals surface area contributed by atoms with Gasteiger partial charge in [-0.25, -0.2) is 4.79 Å². The van der Waals surface area contributed by atoms with Gasteiger partial charge < -0.3 is 19.5 Å². The molecular weight excluding hydrogens is 438 g/mol. The van der Waals surface area contributed by atoms with Gasteiger partial charge in [-0.3, -0.25) is 0 Å². The van der Waals surface area contributed by atoms with E-state index in [0.29, 0.717) is 12.1 Å². The highest BCUT2D eigenvalue weighted by molar-refractivity contribution is 5.89. The average Bonchev–Trinajstić information content (AvgIpc) is 2.81. The lowest BCUT2D eigenvalue weighted by atomic mass is 9.87. The van der Waals surface area contributed by atoms with Gasteiger partial charge in [0.05, 0.1) is 11.7 Å². The zero-order chi connectivity index (χ0) is 25.2. The van der Waals surface area contributed by atoms with E-state index in [4.69, 9.17) is 14.2 Å². The lowest BCUT2D eigenvalue weighted by molar-refractivity contribution is -0.151. The molecule has 1 N–H and O–H groups in total. The van der Waals surface area contributed by atoms with Gasteiger partial charge in [-0.05, 0) is 77.4 Å². The van der Waals surface area contributed by atoms with Crippen LogP contribution in [0.1, 0.15) is 66.4 Å². The van der Waals surface area contributed by atoms with Crippen molar-refractivity contribution in [3.63, 3.8) is 0 Å². The van der Waals surface area contributed by atoms with Crippen molar-refractivity contribution < 1.29 is 19.0 Å². The Hall–Kier alpha value is -3.31. The molecular formula is C30H35NO4. The molecule has 5 heteroatoms. The first-order chi connectivity index (χ1) is 16.6. The SMILES string of the molecule is Cc1ccc(CNc2ccc3c(c2)C(OC(C)C)C(OC(=O)c2ccc(C)cc2)C(C)(C)O3)cc1. The van der Waals surface area contributed by atoms with Crippen LogP contribution in [0.5, 0.6) is 5.75 Å². The van der Waals surface area contributed by atoms with Gasteiger partial charge in [-0.15, -0.1) is 0 Å². The molecule has 5 nitrogen and oxygen atoms in total. The summed E-state index contributed by atoms with van der Waals surface area (Å²) in [4.78, 5) is 13.1. The van der Waals surface area contributed by atoms with E-state index in [0.717, 1.165) is 22.6 Å². The summed E-state index contributed by atoms with van der Waals surface area (Å²) in [6, 6.07) is 21.9. The molecule has 0 saturated carbocycles. The Kier molecular flexibility index (Phi) is 7.18. The van der Waals surface area contributed by atoms with E-state index in [9.17, 15) is 4.79 Å². The molecule has 1 aliphatic heterocycles. The Balaban J connectivity index is 1.61. The quantitative estimate of drug-likeness (QED) is 0.383. The molecule has 0 aromatic heterocycles. The van der Waals surface area contributed by atoms with E-state index >= 15 is 0 Å². The smallest absolute Gasteiger partial charge is 0.338 e. The van der Waals surface area contributed by atoms with E-state index in [1.54, 1.807) is 12.1 Å². The van der Waals surface area contributed by atoms with Crippen LogP contribution in [0.15, 0.2) is 66.7 Å². The summed E-state index contributed by atoms with van der Waals surface area (Å²) in [7, 11) is 0. The number of ether oxygens (including phenoxy) is 3. The van der Waals surface area contributed by atoms with Crippen LogP contribution in [0.25, 0.3) is 0 Å². The van der Waals surface area contributed by atoms with Crippen molar-refractivity contribution in [3.05, 3.63) is 94.5 Å². The highest BCUT2D eigenvalue weighted by Crippen LogP contribution is 2.45. The minimum atomic E-state index is -0.774. The summed E-state index contributed by atoms with van der Waals surface area (Å²) >= 11 is 0. The summed E-state index contributed by atoms with van der Waals surface area (Å²) in [5.41, 5.74) is 5.08. The highest BCUT2D eigenvalue weighted by atomic mass is 16.6. The Morgan fingerprint density at radius 1 is 0.971 bits per heavy atom. The van der Waals surface area contributed by atoms with Crippen molar-refractivity contribution in [1.82, 2.24) is 0 Å². The zero-order valence-electron chi connectivity index (χ0n) is 21.4. The van der Waals surface area contributed by atoms with Crippen molar-refractivity contribution in [2.75, 3.05) is 5.32 Å². The van der Waals surface area contributed by atoms with Crippen molar-refractivity contribution in [2.24, 2.45) is 0 Å². The second-order valence-corrected chi connectivity index (χ2v) is 10.1. The first kappa shape index (κ1) is 24.8. The molecule has 0 fully saturated rings. The number of carbonyl (C=O) groups excluding carboxylic acids is 1. The fourth-order valence-corrected chi connectivity index (χ4v) is 4.27. The number of esters is 1. The standard InChI is InChI=1S/C30H35NO4/c1-19(2)33-27-25-17-24(31-18-22-11-7-20(3)8-12-22)15-16-26(25)35-30(5,6)28(27)34-29(32)23-13-9-21(4)10-14-23/h7-17,19,27-28,31H,18H2,1-6H3. The molecule has 0 saturated heterocycles. The minimum absolute atomic E-state index is 0.0634. The van der Waals surface area contributed by atoms with Gasteiger partial charge in [0.15, 0.2) is 6.10 Å². The molecule has 4 rings (SSSR count). The van der Waals surface area contributed by atoms with Gasteiger partial charge in [0.25, 0.3) is 0 Å². The van der Waals surface area contributed by atoms with Crippen LogP contribution in [-0.2, 0) is 16.0 Å². The fourth-order valence-electron chi connectivity index (χ4n) is 4.27. The maximum Gasteiger partial charge on any atom is 0.338 e. The average molecular weight is 474 g/mol. The molecule has 2 unspecified atom stereocenters. The lowest BCUT2D eigenvalue weighted by Gasteiger charge is -2.44. The zero-order valence-corrected chi connectivity index (χ0v) is 21.4. The molecule has 3 aromatic rings. The predicted octanol–water partition coefficient (Wildman–Crippen LogP) is 6.78. The largest absolute Gasteiger partial charge is 0.483 e. The number of benzene rings is 3. The molecule has 0 spiro atoms. The summed E-state index contributed by atoms with van der Waals surface area (Å²) in [6.07, 6.45) is -1.16. The van der Waals surface area contributed by atoms with Gasteiger partial charge in [-0.2, -0.15) is 0 Å². The molecule has 1 heterocycles. The third-order valence-corrected chi connectivity index (χ3v) is 6.21. The molecule has 2 atom stereocenters. The molecule has 0 bridgehead atoms. The van der Waals surface area contributed by atoms with E-state index in [1.165, 1.54) is 11.1 Å². The third kappa shape index (κ3) is 5.85. The van der Waals surface area contributed by atoms with Crippen molar-refractivity contribution in [2.45, 2.75) is 72.0 Å². The number of fused-ring (bicyclic) bond motifs is 1. The molecule has 1 aliphatic rings. The molecule has 3 aromatic carbocycles. The van der Waals surface area contributed by atoms with Gasteiger partial charge in [0.1, 0.15) is 17.5 Å². The number of hydrogen-bond acceptors (Lipinski definition) is 5. The van der Waals surface area contributed by atoms with Gasteiger partial charge in [0.2, 0.25) is 0 Å². The third-order valence-electron chi connectivity index (χ3n) is 6.21. The van der Waals surface area contributed by atoms with E-state index in [1.807, 2.05) is 65.0 Å². The summed E-state index contributed by atoms with van der Waals surface area (Å²) in [6.45, 7) is 12.6. The molecule has 0 radical (unpaired) electrons. The normalized spacial score (nSPS) is 18.5. The second kappa shape index (κ2) is 10.1. The van der Waals surface area contributed by atoms with Gasteiger partial charge in [0, 0.05) is 17.8 Å². The van der Waals surface area contributed by atoms with Crippen LogP contribution in [0.4, 0.5) is 5.69 Å². The van der Waals surface area contributed by atoms with Crippen molar-refractivity contribution in [1.29, 1.82) is 0 Å². The molecule has 0 amide bonds. The van der Waals surface area contributed by atoms with E-state index in [2.05, 4.69) is 36.5 Å². The Bertz CT molecular complexity index is 1170. The number of nitrogens with one attached hydrogen (secondary N) is 1. The molecule has 35 heavy (non-hydrogen) atoms. The summed E-state index contributed by atoms with van der Waals surface area (Å²) < 4.78 is 18.8. The number of anilines is 1. The van der Waals surface area contributed by atoms with Gasteiger partial charge >= 0.3 is 5.97 Å². The first-order valence-corrected chi connectivity index (χ1v) is 12.2. The lowest BCUT2D eigenvalue weighted by Crippen LogP contribution is -2.52. The number of rotatable bonds is 7. The van der Waals surface area contributed by atoms with Crippen LogP contribution in [-0.4, -0.2) is 23.8 Å². The van der Waals surface area contributed by atoms with Crippen LogP contribution in [0.2, 0.25) is 0 Å². The maximum atomic E-state index is 13.1. The topological polar surface area (TPSA) is 56.8 Å². The molecule has 184 valence electrons. The fraction of sp³-hybridized carbons (Fsp3) is 0.367. The number of hydrogen-bond donors (Lipinski definition) is 1. The van der Waals surface area contributed by atoms with Crippen LogP contribution in [0.3, 0.4) is 0 Å².